The first kappa shape index (κ1) is 22.2. The third-order valence-electron chi connectivity index (χ3n) is 5.14. The number of piperidine rings is 1. The molecule has 0 aliphatic carbocycles. The topological polar surface area (TPSA) is 67.9 Å². The predicted octanol–water partition coefficient (Wildman–Crippen LogP) is 3.26. The molecular formula is C22H34N2O4. The number of nitrogens with one attached hydrogen (secondary N) is 1. The second-order valence-electron chi connectivity index (χ2n) is 7.36. The van der Waals surface area contributed by atoms with E-state index in [1.165, 1.54) is 26.4 Å². The van der Waals surface area contributed by atoms with Crippen LogP contribution in [0.5, 0.6) is 5.75 Å². The summed E-state index contributed by atoms with van der Waals surface area (Å²) in [5, 5.41) is 3.10. The molecule has 1 aliphatic heterocycles. The Morgan fingerprint density at radius 3 is 2.89 bits per heavy atom. The van der Waals surface area contributed by atoms with Crippen LogP contribution in [0.3, 0.4) is 0 Å². The number of methoxy groups -OCH3 is 1. The predicted molar refractivity (Wildman–Crippen MR) is 110 cm³/mol. The lowest BCUT2D eigenvalue weighted by atomic mass is 9.97. The second kappa shape index (κ2) is 12.4. The Bertz CT molecular complexity index is 620. The van der Waals surface area contributed by atoms with Gasteiger partial charge in [-0.3, -0.25) is 9.69 Å². The van der Waals surface area contributed by atoms with Crippen LogP contribution in [0.25, 0.3) is 0 Å². The average Bonchev–Trinajstić information content (AvgIpc) is 2.73. The molecule has 1 unspecified atom stereocenters. The fourth-order valence-corrected chi connectivity index (χ4v) is 3.50. The smallest absolute Gasteiger partial charge is 0.337 e. The van der Waals surface area contributed by atoms with Crippen molar-refractivity contribution >= 4 is 11.9 Å². The van der Waals surface area contributed by atoms with Crippen molar-refractivity contribution < 1.29 is 19.1 Å². The van der Waals surface area contributed by atoms with E-state index in [1.807, 2.05) is 6.07 Å². The Hall–Kier alpha value is -2.08. The minimum atomic E-state index is -0.370. The van der Waals surface area contributed by atoms with Gasteiger partial charge in [0.05, 0.1) is 18.6 Å². The van der Waals surface area contributed by atoms with E-state index in [0.29, 0.717) is 17.9 Å². The maximum absolute atomic E-state index is 12.4. The third-order valence-corrected chi connectivity index (χ3v) is 5.14. The molecule has 1 fully saturated rings. The summed E-state index contributed by atoms with van der Waals surface area (Å²) < 4.78 is 10.5. The molecule has 1 N–H and O–H groups in total. The molecule has 1 saturated heterocycles. The lowest BCUT2D eigenvalue weighted by molar-refractivity contribution is -0.126. The van der Waals surface area contributed by atoms with Crippen molar-refractivity contribution in [2.45, 2.75) is 45.4 Å². The van der Waals surface area contributed by atoms with E-state index in [1.54, 1.807) is 18.2 Å². The number of benzene rings is 1. The van der Waals surface area contributed by atoms with E-state index in [4.69, 9.17) is 9.47 Å². The summed E-state index contributed by atoms with van der Waals surface area (Å²) in [7, 11) is 1.37. The summed E-state index contributed by atoms with van der Waals surface area (Å²) in [6.07, 6.45) is 6.68. The lowest BCUT2D eigenvalue weighted by Crippen LogP contribution is -2.44. The lowest BCUT2D eigenvalue weighted by Gasteiger charge is -2.31. The number of rotatable bonds is 11. The van der Waals surface area contributed by atoms with E-state index in [2.05, 4.69) is 17.1 Å². The van der Waals surface area contributed by atoms with Crippen LogP contribution >= 0.6 is 0 Å². The molecule has 2 rings (SSSR count). The van der Waals surface area contributed by atoms with Crippen LogP contribution in [0.15, 0.2) is 24.3 Å². The Morgan fingerprint density at radius 1 is 1.25 bits per heavy atom. The van der Waals surface area contributed by atoms with Crippen LogP contribution in [0.1, 0.15) is 55.8 Å². The molecule has 1 heterocycles. The number of amides is 1. The number of unbranched alkanes of at least 4 members (excludes halogenated alkanes) is 3. The number of hydrogen-bond donors (Lipinski definition) is 1. The Labute approximate surface area is 168 Å². The van der Waals surface area contributed by atoms with Gasteiger partial charge >= 0.3 is 5.97 Å². The molecule has 1 atom stereocenters. The van der Waals surface area contributed by atoms with Crippen molar-refractivity contribution in [2.24, 2.45) is 5.92 Å². The quantitative estimate of drug-likeness (QED) is 0.464. The highest BCUT2D eigenvalue weighted by atomic mass is 16.5. The minimum Gasteiger partial charge on any atom is -0.492 e. The van der Waals surface area contributed by atoms with Gasteiger partial charge in [0.2, 0.25) is 5.91 Å². The summed E-state index contributed by atoms with van der Waals surface area (Å²) in [5.74, 6) is 0.543. The first-order valence-corrected chi connectivity index (χ1v) is 10.4. The summed E-state index contributed by atoms with van der Waals surface area (Å²) in [6, 6.07) is 7.01. The fourth-order valence-electron chi connectivity index (χ4n) is 3.50. The highest BCUT2D eigenvalue weighted by Crippen LogP contribution is 2.18. The van der Waals surface area contributed by atoms with Gasteiger partial charge in [-0.05, 0) is 44.0 Å². The maximum atomic E-state index is 12.4. The summed E-state index contributed by atoms with van der Waals surface area (Å²) >= 11 is 0. The molecule has 0 aromatic heterocycles. The molecule has 1 aromatic rings. The van der Waals surface area contributed by atoms with Gasteiger partial charge in [0.15, 0.2) is 0 Å². The number of nitrogens with zero attached hydrogens (tertiary/aromatic N) is 1. The monoisotopic (exact) mass is 390 g/mol. The van der Waals surface area contributed by atoms with Gasteiger partial charge in [0.1, 0.15) is 12.4 Å². The highest BCUT2D eigenvalue weighted by molar-refractivity contribution is 5.89. The van der Waals surface area contributed by atoms with E-state index in [-0.39, 0.29) is 17.8 Å². The molecule has 0 bridgehead atoms. The first-order valence-electron chi connectivity index (χ1n) is 10.4. The molecule has 0 saturated carbocycles. The molecule has 1 aliphatic rings. The molecule has 6 nitrogen and oxygen atoms in total. The van der Waals surface area contributed by atoms with Crippen LogP contribution in [0.4, 0.5) is 0 Å². The standard InChI is InChI=1S/C22H34N2O4/c1-3-4-5-6-12-23-21(25)19-10-8-13-24(17-19)14-15-28-20-11-7-9-18(16-20)22(26)27-2/h7,9,11,16,19H,3-6,8,10,12-15,17H2,1-2H3,(H,23,25). The molecular weight excluding hydrogens is 356 g/mol. The van der Waals surface area contributed by atoms with Crippen LogP contribution in [0.2, 0.25) is 0 Å². The molecule has 0 spiro atoms. The normalized spacial score (nSPS) is 17.1. The Morgan fingerprint density at radius 2 is 2.11 bits per heavy atom. The maximum Gasteiger partial charge on any atom is 0.337 e. The number of carbonyl (C=O) groups excluding carboxylic acids is 2. The fraction of sp³-hybridized carbons (Fsp3) is 0.636. The van der Waals surface area contributed by atoms with Crippen molar-refractivity contribution in [2.75, 3.05) is 39.9 Å². The molecule has 6 heteroatoms. The molecule has 0 radical (unpaired) electrons. The number of hydrogen-bond acceptors (Lipinski definition) is 5. The van der Waals surface area contributed by atoms with Crippen LogP contribution in [-0.2, 0) is 9.53 Å². The minimum absolute atomic E-state index is 0.0718. The average molecular weight is 391 g/mol. The zero-order valence-electron chi connectivity index (χ0n) is 17.2. The molecule has 156 valence electrons. The molecule has 28 heavy (non-hydrogen) atoms. The van der Waals surface area contributed by atoms with Gasteiger partial charge in [0.25, 0.3) is 0 Å². The van der Waals surface area contributed by atoms with Gasteiger partial charge in [-0.15, -0.1) is 0 Å². The van der Waals surface area contributed by atoms with E-state index < -0.39 is 0 Å². The van der Waals surface area contributed by atoms with Gasteiger partial charge in [-0.1, -0.05) is 32.3 Å². The van der Waals surface area contributed by atoms with Gasteiger partial charge < -0.3 is 14.8 Å². The summed E-state index contributed by atoms with van der Waals surface area (Å²) in [5.41, 5.74) is 0.480. The highest BCUT2D eigenvalue weighted by Gasteiger charge is 2.25. The summed E-state index contributed by atoms with van der Waals surface area (Å²) in [4.78, 5) is 26.3. The van der Waals surface area contributed by atoms with Crippen molar-refractivity contribution in [1.29, 1.82) is 0 Å². The largest absolute Gasteiger partial charge is 0.492 e. The Kier molecular flexibility index (Phi) is 9.83. The zero-order valence-corrected chi connectivity index (χ0v) is 17.2. The van der Waals surface area contributed by atoms with Gasteiger partial charge in [0, 0.05) is 19.6 Å². The zero-order chi connectivity index (χ0) is 20.2. The third kappa shape index (κ3) is 7.50. The van der Waals surface area contributed by atoms with Crippen molar-refractivity contribution in [3.05, 3.63) is 29.8 Å². The number of carbonyl (C=O) groups is 2. The van der Waals surface area contributed by atoms with E-state index in [0.717, 1.165) is 45.4 Å². The first-order chi connectivity index (χ1) is 13.6. The van der Waals surface area contributed by atoms with Crippen LogP contribution < -0.4 is 10.1 Å². The summed E-state index contributed by atoms with van der Waals surface area (Å²) in [6.45, 7) is 6.04. The van der Waals surface area contributed by atoms with Crippen molar-refractivity contribution in [1.82, 2.24) is 10.2 Å². The van der Waals surface area contributed by atoms with Crippen LogP contribution in [0, 0.1) is 5.92 Å². The van der Waals surface area contributed by atoms with E-state index in [9.17, 15) is 9.59 Å². The number of ether oxygens (including phenoxy) is 2. The van der Waals surface area contributed by atoms with Gasteiger partial charge in [-0.2, -0.15) is 0 Å². The van der Waals surface area contributed by atoms with Gasteiger partial charge in [-0.25, -0.2) is 4.79 Å². The van der Waals surface area contributed by atoms with E-state index >= 15 is 0 Å². The second-order valence-corrected chi connectivity index (χ2v) is 7.36. The Balaban J connectivity index is 1.70. The van der Waals surface area contributed by atoms with Crippen molar-refractivity contribution in [3.8, 4) is 5.75 Å². The number of esters is 1. The molecule has 1 amide bonds. The van der Waals surface area contributed by atoms with Crippen LogP contribution in [-0.4, -0.2) is 56.7 Å². The number of likely N-dealkylation sites (tertiary alicyclic amines) is 1. The SMILES string of the molecule is CCCCCCNC(=O)C1CCCN(CCOc2cccc(C(=O)OC)c2)C1. The molecule has 1 aromatic carbocycles. The van der Waals surface area contributed by atoms with Crippen molar-refractivity contribution in [3.63, 3.8) is 0 Å².